The zero-order chi connectivity index (χ0) is 19.6. The number of aliphatic imine (C=N–C) groups is 1. The maximum absolute atomic E-state index is 5.94. The van der Waals surface area contributed by atoms with Crippen molar-refractivity contribution in [2.75, 3.05) is 39.8 Å². The molecule has 0 aromatic heterocycles. The fraction of sp³-hybridized carbons (Fsp3) is 0.682. The van der Waals surface area contributed by atoms with Gasteiger partial charge in [0.15, 0.2) is 5.96 Å². The first-order valence-corrected chi connectivity index (χ1v) is 10.3. The van der Waals surface area contributed by atoms with Gasteiger partial charge in [-0.1, -0.05) is 30.3 Å². The maximum Gasteiger partial charge on any atom is 0.193 e. The lowest BCUT2D eigenvalue weighted by molar-refractivity contribution is 0.0906. The molecule has 5 heteroatoms. The monoisotopic (exact) mass is 374 g/mol. The van der Waals surface area contributed by atoms with Crippen LogP contribution in [0.3, 0.4) is 0 Å². The molecule has 1 saturated heterocycles. The quantitative estimate of drug-likeness (QED) is 0.532. The highest BCUT2D eigenvalue weighted by molar-refractivity contribution is 5.80. The molecule has 0 amide bonds. The molecule has 2 rings (SSSR count). The highest BCUT2D eigenvalue weighted by Gasteiger charge is 2.25. The van der Waals surface area contributed by atoms with Crippen molar-refractivity contribution in [2.24, 2.45) is 10.9 Å². The van der Waals surface area contributed by atoms with E-state index >= 15 is 0 Å². The van der Waals surface area contributed by atoms with Gasteiger partial charge in [-0.2, -0.15) is 0 Å². The average molecular weight is 375 g/mol. The number of nitrogens with one attached hydrogen (secondary N) is 1. The highest BCUT2D eigenvalue weighted by Crippen LogP contribution is 2.17. The number of likely N-dealkylation sites (tertiary alicyclic amines) is 1. The van der Waals surface area contributed by atoms with E-state index in [4.69, 9.17) is 4.74 Å². The van der Waals surface area contributed by atoms with Crippen LogP contribution in [-0.2, 0) is 11.3 Å². The fourth-order valence-corrected chi connectivity index (χ4v) is 3.82. The van der Waals surface area contributed by atoms with E-state index in [1.165, 1.54) is 12.0 Å². The molecule has 1 N–H and O–H groups in total. The standard InChI is InChI=1S/C22H38N4O/c1-18(2)26(19(3)4)14-12-24-22(23-5)25-13-11-21(15-25)17-27-16-20-9-7-6-8-10-20/h6-10,18-19,21H,11-17H2,1-5H3,(H,23,24). The Hall–Kier alpha value is -1.59. The molecule has 0 bridgehead atoms. The first-order valence-electron chi connectivity index (χ1n) is 10.3. The summed E-state index contributed by atoms with van der Waals surface area (Å²) in [4.78, 5) is 9.36. The van der Waals surface area contributed by atoms with Crippen LogP contribution in [-0.4, -0.2) is 67.7 Å². The summed E-state index contributed by atoms with van der Waals surface area (Å²) >= 11 is 0. The lowest BCUT2D eigenvalue weighted by atomic mass is 10.1. The van der Waals surface area contributed by atoms with Crippen LogP contribution in [0, 0.1) is 5.92 Å². The molecule has 1 aliphatic rings. The predicted octanol–water partition coefficient (Wildman–Crippen LogP) is 3.22. The van der Waals surface area contributed by atoms with E-state index in [1.807, 2.05) is 13.1 Å². The summed E-state index contributed by atoms with van der Waals surface area (Å²) in [6.07, 6.45) is 1.17. The number of hydrogen-bond acceptors (Lipinski definition) is 3. The Morgan fingerprint density at radius 3 is 2.56 bits per heavy atom. The number of nitrogens with zero attached hydrogens (tertiary/aromatic N) is 3. The summed E-state index contributed by atoms with van der Waals surface area (Å²) < 4.78 is 5.94. The molecule has 152 valence electrons. The van der Waals surface area contributed by atoms with Gasteiger partial charge < -0.3 is 15.0 Å². The van der Waals surface area contributed by atoms with E-state index in [2.05, 4.69) is 72.1 Å². The lowest BCUT2D eigenvalue weighted by Crippen LogP contribution is -2.46. The Morgan fingerprint density at radius 2 is 1.93 bits per heavy atom. The van der Waals surface area contributed by atoms with Gasteiger partial charge in [-0.25, -0.2) is 0 Å². The molecule has 0 aliphatic carbocycles. The van der Waals surface area contributed by atoms with Gasteiger partial charge in [0, 0.05) is 51.2 Å². The van der Waals surface area contributed by atoms with Gasteiger partial charge >= 0.3 is 0 Å². The van der Waals surface area contributed by atoms with Crippen LogP contribution >= 0.6 is 0 Å². The summed E-state index contributed by atoms with van der Waals surface area (Å²) in [5, 5.41) is 3.55. The third kappa shape index (κ3) is 7.15. The molecule has 1 atom stereocenters. The first kappa shape index (κ1) is 21.7. The van der Waals surface area contributed by atoms with Crippen LogP contribution in [0.1, 0.15) is 39.7 Å². The van der Waals surface area contributed by atoms with Crippen LogP contribution in [0.15, 0.2) is 35.3 Å². The van der Waals surface area contributed by atoms with Crippen LogP contribution < -0.4 is 5.32 Å². The third-order valence-electron chi connectivity index (χ3n) is 5.24. The molecule has 1 heterocycles. The van der Waals surface area contributed by atoms with Crippen molar-refractivity contribution in [1.29, 1.82) is 0 Å². The lowest BCUT2D eigenvalue weighted by Gasteiger charge is -2.31. The molecule has 0 saturated carbocycles. The van der Waals surface area contributed by atoms with E-state index < -0.39 is 0 Å². The summed E-state index contributed by atoms with van der Waals surface area (Å²) in [5.74, 6) is 1.60. The molecule has 1 fully saturated rings. The second-order valence-corrected chi connectivity index (χ2v) is 8.00. The topological polar surface area (TPSA) is 40.1 Å². The van der Waals surface area contributed by atoms with Crippen LogP contribution in [0.4, 0.5) is 0 Å². The minimum Gasteiger partial charge on any atom is -0.376 e. The zero-order valence-electron chi connectivity index (χ0n) is 17.8. The van der Waals surface area contributed by atoms with Crippen molar-refractivity contribution < 1.29 is 4.74 Å². The van der Waals surface area contributed by atoms with Crippen molar-refractivity contribution in [3.05, 3.63) is 35.9 Å². The number of hydrogen-bond donors (Lipinski definition) is 1. The molecule has 1 aromatic rings. The van der Waals surface area contributed by atoms with Crippen LogP contribution in [0.25, 0.3) is 0 Å². The van der Waals surface area contributed by atoms with E-state index in [0.29, 0.717) is 24.6 Å². The Bertz CT molecular complexity index is 551. The summed E-state index contributed by atoms with van der Waals surface area (Å²) in [5.41, 5.74) is 1.24. The van der Waals surface area contributed by atoms with E-state index in [-0.39, 0.29) is 0 Å². The summed E-state index contributed by atoms with van der Waals surface area (Å²) in [6, 6.07) is 11.5. The first-order chi connectivity index (χ1) is 13.0. The van der Waals surface area contributed by atoms with Gasteiger partial charge in [0.05, 0.1) is 13.2 Å². The van der Waals surface area contributed by atoms with Gasteiger partial charge in [0.2, 0.25) is 0 Å². The van der Waals surface area contributed by atoms with Crippen molar-refractivity contribution in [3.8, 4) is 0 Å². The Morgan fingerprint density at radius 1 is 1.22 bits per heavy atom. The Kier molecular flexibility index (Phi) is 9.08. The van der Waals surface area contributed by atoms with Gasteiger partial charge in [0.1, 0.15) is 0 Å². The largest absolute Gasteiger partial charge is 0.376 e. The molecular formula is C22H38N4O. The SMILES string of the molecule is CN=C(NCCN(C(C)C)C(C)C)N1CCC(COCc2ccccc2)C1. The van der Waals surface area contributed by atoms with E-state index in [1.54, 1.807) is 0 Å². The number of benzene rings is 1. The molecule has 1 unspecified atom stereocenters. The van der Waals surface area contributed by atoms with Crippen LogP contribution in [0.2, 0.25) is 0 Å². The number of rotatable bonds is 9. The van der Waals surface area contributed by atoms with Crippen LogP contribution in [0.5, 0.6) is 0 Å². The van der Waals surface area contributed by atoms with Crippen molar-refractivity contribution in [3.63, 3.8) is 0 Å². The second-order valence-electron chi connectivity index (χ2n) is 8.00. The minimum absolute atomic E-state index is 0.562. The smallest absolute Gasteiger partial charge is 0.193 e. The van der Waals surface area contributed by atoms with Crippen molar-refractivity contribution >= 4 is 5.96 Å². The molecule has 1 aromatic carbocycles. The molecule has 27 heavy (non-hydrogen) atoms. The molecule has 5 nitrogen and oxygen atoms in total. The van der Waals surface area contributed by atoms with Gasteiger partial charge in [-0.05, 0) is 39.7 Å². The minimum atomic E-state index is 0.562. The third-order valence-corrected chi connectivity index (χ3v) is 5.24. The molecule has 0 spiro atoms. The van der Waals surface area contributed by atoms with Crippen molar-refractivity contribution in [2.45, 2.75) is 52.8 Å². The van der Waals surface area contributed by atoms with E-state index in [9.17, 15) is 0 Å². The Balaban J connectivity index is 1.70. The average Bonchev–Trinajstić information content (AvgIpc) is 3.10. The normalized spacial score (nSPS) is 18.1. The number of ether oxygens (including phenoxy) is 1. The van der Waals surface area contributed by atoms with Gasteiger partial charge in [-0.3, -0.25) is 9.89 Å². The predicted molar refractivity (Wildman–Crippen MR) is 114 cm³/mol. The molecule has 1 aliphatic heterocycles. The molecular weight excluding hydrogens is 336 g/mol. The van der Waals surface area contributed by atoms with E-state index in [0.717, 1.165) is 38.7 Å². The summed E-state index contributed by atoms with van der Waals surface area (Å²) in [6.45, 7) is 14.6. The second kappa shape index (κ2) is 11.3. The fourth-order valence-electron chi connectivity index (χ4n) is 3.82. The Labute approximate surface area is 165 Å². The molecule has 0 radical (unpaired) electrons. The maximum atomic E-state index is 5.94. The number of guanidine groups is 1. The van der Waals surface area contributed by atoms with Gasteiger partial charge in [-0.15, -0.1) is 0 Å². The zero-order valence-corrected chi connectivity index (χ0v) is 17.8. The summed E-state index contributed by atoms with van der Waals surface area (Å²) in [7, 11) is 1.88. The highest BCUT2D eigenvalue weighted by atomic mass is 16.5. The van der Waals surface area contributed by atoms with Gasteiger partial charge in [0.25, 0.3) is 0 Å². The van der Waals surface area contributed by atoms with Crippen molar-refractivity contribution in [1.82, 2.24) is 15.1 Å².